The summed E-state index contributed by atoms with van der Waals surface area (Å²) in [5, 5.41) is 10.5. The lowest BCUT2D eigenvalue weighted by atomic mass is 10.2. The third-order valence-electron chi connectivity index (χ3n) is 4.18. The lowest BCUT2D eigenvalue weighted by Crippen LogP contribution is -2.35. The minimum absolute atomic E-state index is 0.0401. The Morgan fingerprint density at radius 1 is 0.893 bits per heavy atom. The third-order valence-corrected chi connectivity index (χ3v) is 4.18. The van der Waals surface area contributed by atoms with Crippen molar-refractivity contribution >= 4 is 29.2 Å². The molecular weight excluding hydrogens is 363 g/mol. The number of para-hydroxylation sites is 1. The van der Waals surface area contributed by atoms with E-state index in [1.807, 2.05) is 0 Å². The first-order chi connectivity index (χ1) is 13.5. The molecule has 1 aliphatic carbocycles. The van der Waals surface area contributed by atoms with Gasteiger partial charge in [-0.05, 0) is 49.2 Å². The summed E-state index contributed by atoms with van der Waals surface area (Å²) in [7, 11) is 0. The van der Waals surface area contributed by atoms with Crippen molar-refractivity contribution < 1.29 is 18.8 Å². The van der Waals surface area contributed by atoms with Crippen molar-refractivity contribution in [2.75, 3.05) is 23.7 Å². The zero-order valence-electron chi connectivity index (χ0n) is 15.1. The largest absolute Gasteiger partial charge is 0.354 e. The first-order valence-corrected chi connectivity index (χ1v) is 9.01. The van der Waals surface area contributed by atoms with Gasteiger partial charge in [0, 0.05) is 30.3 Å². The van der Waals surface area contributed by atoms with Crippen LogP contribution in [-0.4, -0.2) is 30.9 Å². The van der Waals surface area contributed by atoms with E-state index < -0.39 is 11.8 Å². The molecular formula is C20H21FN4O3. The molecule has 0 spiro atoms. The summed E-state index contributed by atoms with van der Waals surface area (Å²) in [6.45, 7) is 0.721. The van der Waals surface area contributed by atoms with E-state index in [0.29, 0.717) is 24.3 Å². The molecule has 0 heterocycles. The van der Waals surface area contributed by atoms with Gasteiger partial charge in [0.2, 0.25) is 5.91 Å². The summed E-state index contributed by atoms with van der Waals surface area (Å²) >= 11 is 0. The normalized spacial score (nSPS) is 12.8. The molecule has 0 radical (unpaired) electrons. The molecule has 4 N–H and O–H groups in total. The molecule has 7 nitrogen and oxygen atoms in total. The van der Waals surface area contributed by atoms with Crippen molar-refractivity contribution in [1.82, 2.24) is 10.6 Å². The summed E-state index contributed by atoms with van der Waals surface area (Å²) in [6, 6.07) is 11.5. The Kier molecular flexibility index (Phi) is 6.21. The molecule has 28 heavy (non-hydrogen) atoms. The van der Waals surface area contributed by atoms with Crippen LogP contribution in [0.3, 0.4) is 0 Å². The van der Waals surface area contributed by atoms with Crippen LogP contribution in [0.4, 0.5) is 20.6 Å². The average molecular weight is 384 g/mol. The van der Waals surface area contributed by atoms with Crippen molar-refractivity contribution in [3.05, 3.63) is 59.9 Å². The van der Waals surface area contributed by atoms with Crippen molar-refractivity contribution in [1.29, 1.82) is 0 Å². The Labute approximate surface area is 161 Å². The zero-order chi connectivity index (χ0) is 19.9. The predicted molar refractivity (Wildman–Crippen MR) is 104 cm³/mol. The van der Waals surface area contributed by atoms with Gasteiger partial charge in [0.15, 0.2) is 0 Å². The Morgan fingerprint density at radius 3 is 2.25 bits per heavy atom. The fourth-order valence-electron chi connectivity index (χ4n) is 2.51. The van der Waals surface area contributed by atoms with Gasteiger partial charge in [0.05, 0.1) is 5.69 Å². The molecule has 146 valence electrons. The van der Waals surface area contributed by atoms with Crippen LogP contribution in [0.1, 0.15) is 23.2 Å². The van der Waals surface area contributed by atoms with E-state index in [0.717, 1.165) is 12.8 Å². The van der Waals surface area contributed by atoms with E-state index in [1.165, 1.54) is 18.2 Å². The van der Waals surface area contributed by atoms with E-state index in [2.05, 4.69) is 21.3 Å². The number of amides is 4. The monoisotopic (exact) mass is 384 g/mol. The number of anilines is 2. The highest BCUT2D eigenvalue weighted by Crippen LogP contribution is 2.28. The summed E-state index contributed by atoms with van der Waals surface area (Å²) in [5.74, 6) is -0.620. The molecule has 0 bridgehead atoms. The first-order valence-electron chi connectivity index (χ1n) is 9.01. The lowest BCUT2D eigenvalue weighted by Gasteiger charge is -2.09. The van der Waals surface area contributed by atoms with Crippen molar-refractivity contribution in [3.8, 4) is 0 Å². The fourth-order valence-corrected chi connectivity index (χ4v) is 2.51. The maximum atomic E-state index is 13.5. The second-order valence-corrected chi connectivity index (χ2v) is 6.46. The van der Waals surface area contributed by atoms with Gasteiger partial charge in [0.25, 0.3) is 5.91 Å². The van der Waals surface area contributed by atoms with Crippen LogP contribution in [-0.2, 0) is 4.79 Å². The maximum Gasteiger partial charge on any atom is 0.323 e. The van der Waals surface area contributed by atoms with Crippen LogP contribution in [0, 0.1) is 11.7 Å². The lowest BCUT2D eigenvalue weighted by molar-refractivity contribution is -0.122. The number of urea groups is 1. The van der Waals surface area contributed by atoms with Crippen LogP contribution >= 0.6 is 0 Å². The van der Waals surface area contributed by atoms with Crippen LogP contribution in [0.25, 0.3) is 0 Å². The third kappa shape index (κ3) is 5.54. The molecule has 3 rings (SSSR count). The molecule has 1 saturated carbocycles. The molecule has 0 unspecified atom stereocenters. The van der Waals surface area contributed by atoms with Gasteiger partial charge in [-0.15, -0.1) is 0 Å². The Morgan fingerprint density at radius 2 is 1.57 bits per heavy atom. The van der Waals surface area contributed by atoms with E-state index in [4.69, 9.17) is 0 Å². The van der Waals surface area contributed by atoms with E-state index in [9.17, 15) is 18.8 Å². The highest BCUT2D eigenvalue weighted by atomic mass is 19.1. The number of benzene rings is 2. The van der Waals surface area contributed by atoms with Crippen molar-refractivity contribution in [2.24, 2.45) is 5.92 Å². The SMILES string of the molecule is O=C(Nc1ccc(C(=O)NCCNC(=O)C2CC2)cc1)Nc1ccccc1F. The molecule has 2 aromatic carbocycles. The average Bonchev–Trinajstić information content (AvgIpc) is 3.52. The molecule has 2 aromatic rings. The van der Waals surface area contributed by atoms with Gasteiger partial charge in [0.1, 0.15) is 5.82 Å². The summed E-state index contributed by atoms with van der Waals surface area (Å²) in [6.07, 6.45) is 1.88. The second-order valence-electron chi connectivity index (χ2n) is 6.46. The van der Waals surface area contributed by atoms with Gasteiger partial charge in [-0.3, -0.25) is 9.59 Å². The minimum Gasteiger partial charge on any atom is -0.354 e. The number of hydrogen-bond acceptors (Lipinski definition) is 3. The van der Waals surface area contributed by atoms with Gasteiger partial charge in [-0.2, -0.15) is 0 Å². The Hall–Kier alpha value is -3.42. The number of carbonyl (C=O) groups is 3. The molecule has 0 aromatic heterocycles. The second kappa shape index (κ2) is 8.98. The summed E-state index contributed by atoms with van der Waals surface area (Å²) in [5.41, 5.74) is 0.959. The standard InChI is InChI=1S/C20H21FN4O3/c21-16-3-1-2-4-17(16)25-20(28)24-15-9-7-14(8-10-15)19(27)23-12-11-22-18(26)13-5-6-13/h1-4,7-10,13H,5-6,11-12H2,(H,22,26)(H,23,27)(H2,24,25,28). The van der Waals surface area contributed by atoms with Crippen molar-refractivity contribution in [3.63, 3.8) is 0 Å². The summed E-state index contributed by atoms with van der Waals surface area (Å²) in [4.78, 5) is 35.5. The quantitative estimate of drug-likeness (QED) is 0.552. The number of halogens is 1. The predicted octanol–water partition coefficient (Wildman–Crippen LogP) is 2.73. The van der Waals surface area contributed by atoms with Crippen molar-refractivity contribution in [2.45, 2.75) is 12.8 Å². The highest BCUT2D eigenvalue weighted by molar-refractivity contribution is 6.00. The molecule has 1 aliphatic rings. The van der Waals surface area contributed by atoms with Gasteiger partial charge >= 0.3 is 6.03 Å². The van der Waals surface area contributed by atoms with Crippen LogP contribution in [0.5, 0.6) is 0 Å². The number of hydrogen-bond donors (Lipinski definition) is 4. The van der Waals surface area contributed by atoms with E-state index in [1.54, 1.807) is 30.3 Å². The van der Waals surface area contributed by atoms with Crippen LogP contribution < -0.4 is 21.3 Å². The molecule has 1 fully saturated rings. The number of carbonyl (C=O) groups excluding carboxylic acids is 3. The smallest absolute Gasteiger partial charge is 0.323 e. The number of nitrogens with one attached hydrogen (secondary N) is 4. The van der Waals surface area contributed by atoms with E-state index in [-0.39, 0.29) is 23.4 Å². The van der Waals surface area contributed by atoms with E-state index >= 15 is 0 Å². The highest BCUT2D eigenvalue weighted by Gasteiger charge is 2.28. The molecule has 0 saturated heterocycles. The minimum atomic E-state index is -0.589. The summed E-state index contributed by atoms with van der Waals surface area (Å²) < 4.78 is 13.5. The zero-order valence-corrected chi connectivity index (χ0v) is 15.1. The Balaban J connectivity index is 1.43. The maximum absolute atomic E-state index is 13.5. The van der Waals surface area contributed by atoms with Gasteiger partial charge in [-0.1, -0.05) is 12.1 Å². The van der Waals surface area contributed by atoms with Crippen LogP contribution in [0.2, 0.25) is 0 Å². The van der Waals surface area contributed by atoms with Gasteiger partial charge < -0.3 is 21.3 Å². The molecule has 0 atom stereocenters. The van der Waals surface area contributed by atoms with Crippen LogP contribution in [0.15, 0.2) is 48.5 Å². The molecule has 4 amide bonds. The number of rotatable bonds is 7. The topological polar surface area (TPSA) is 99.3 Å². The van der Waals surface area contributed by atoms with Gasteiger partial charge in [-0.25, -0.2) is 9.18 Å². The fraction of sp³-hybridized carbons (Fsp3) is 0.250. The first kappa shape index (κ1) is 19.3. The molecule has 8 heteroatoms. The Bertz CT molecular complexity index is 866. The molecule has 0 aliphatic heterocycles.